The molecule has 0 bridgehead atoms. The van der Waals surface area contributed by atoms with Crippen molar-refractivity contribution < 1.29 is 0 Å². The van der Waals surface area contributed by atoms with E-state index >= 15 is 0 Å². The van der Waals surface area contributed by atoms with Crippen molar-refractivity contribution >= 4 is 22.5 Å². The zero-order valence-electron chi connectivity index (χ0n) is 7.21. The molecule has 0 aromatic carbocycles. The summed E-state index contributed by atoms with van der Waals surface area (Å²) in [5.41, 5.74) is 7.39. The first-order valence-corrected chi connectivity index (χ1v) is 4.45. The molecule has 0 fully saturated rings. The monoisotopic (exact) mass is 195 g/mol. The Morgan fingerprint density at radius 3 is 3.08 bits per heavy atom. The molecule has 0 saturated carbocycles. The number of aromatic nitrogens is 2. The van der Waals surface area contributed by atoms with Gasteiger partial charge < -0.3 is 10.7 Å². The maximum Gasteiger partial charge on any atom is 0.153 e. The predicted octanol–water partition coefficient (Wildman–Crippen LogP) is 2.24. The van der Waals surface area contributed by atoms with Crippen LogP contribution in [0.1, 0.15) is 18.7 Å². The van der Waals surface area contributed by atoms with Gasteiger partial charge in [-0.05, 0) is 19.1 Å². The van der Waals surface area contributed by atoms with E-state index in [1.54, 1.807) is 0 Å². The van der Waals surface area contributed by atoms with Crippen LogP contribution in [0.4, 0.5) is 0 Å². The van der Waals surface area contributed by atoms with Crippen molar-refractivity contribution in [1.82, 2.24) is 9.97 Å². The summed E-state index contributed by atoms with van der Waals surface area (Å²) < 4.78 is 0. The van der Waals surface area contributed by atoms with Crippen molar-refractivity contribution in [3.8, 4) is 0 Å². The molecule has 2 heterocycles. The number of rotatable bonds is 1. The van der Waals surface area contributed by atoms with Crippen molar-refractivity contribution in [3.05, 3.63) is 29.2 Å². The summed E-state index contributed by atoms with van der Waals surface area (Å²) in [6.45, 7) is 1.89. The fraction of sp³-hybridized carbons (Fsp3) is 0.222. The van der Waals surface area contributed by atoms with E-state index in [1.165, 1.54) is 0 Å². The number of nitrogens with one attached hydrogen (secondary N) is 1. The van der Waals surface area contributed by atoms with Crippen molar-refractivity contribution in [2.24, 2.45) is 5.73 Å². The Bertz CT molecular complexity index is 433. The first kappa shape index (κ1) is 8.53. The van der Waals surface area contributed by atoms with Crippen LogP contribution < -0.4 is 5.73 Å². The molecule has 0 aliphatic carbocycles. The lowest BCUT2D eigenvalue weighted by molar-refractivity contribution is 0.784. The van der Waals surface area contributed by atoms with Gasteiger partial charge in [0, 0.05) is 17.6 Å². The fourth-order valence-electron chi connectivity index (χ4n) is 1.27. The minimum atomic E-state index is -0.0863. The van der Waals surface area contributed by atoms with E-state index in [-0.39, 0.29) is 6.04 Å². The van der Waals surface area contributed by atoms with Gasteiger partial charge in [0.15, 0.2) is 5.15 Å². The summed E-state index contributed by atoms with van der Waals surface area (Å²) in [5, 5.41) is 1.53. The van der Waals surface area contributed by atoms with Crippen LogP contribution in [0.15, 0.2) is 18.3 Å². The van der Waals surface area contributed by atoms with E-state index in [2.05, 4.69) is 9.97 Å². The van der Waals surface area contributed by atoms with Gasteiger partial charge in [0.2, 0.25) is 0 Å². The molecule has 0 aliphatic rings. The third-order valence-corrected chi connectivity index (χ3v) is 2.26. The standard InChI is InChI=1S/C9H10ClN3/c1-5(11)7-4-6-2-3-12-8(6)9(10)13-7/h2-5,12H,11H2,1H3/t5-/m1/s1. The summed E-state index contributed by atoms with van der Waals surface area (Å²) in [4.78, 5) is 7.20. The third-order valence-electron chi connectivity index (χ3n) is 1.98. The van der Waals surface area contributed by atoms with Crippen molar-refractivity contribution in [2.45, 2.75) is 13.0 Å². The molecule has 0 spiro atoms. The Balaban J connectivity index is 2.70. The molecule has 0 unspecified atom stereocenters. The van der Waals surface area contributed by atoms with Gasteiger partial charge in [-0.1, -0.05) is 11.6 Å². The van der Waals surface area contributed by atoms with Gasteiger partial charge in [-0.2, -0.15) is 0 Å². The number of fused-ring (bicyclic) bond motifs is 1. The molecule has 2 aromatic rings. The summed E-state index contributed by atoms with van der Waals surface area (Å²) >= 11 is 5.95. The number of H-pyrrole nitrogens is 1. The molecule has 3 N–H and O–H groups in total. The molecular weight excluding hydrogens is 186 g/mol. The van der Waals surface area contributed by atoms with E-state index in [4.69, 9.17) is 17.3 Å². The molecule has 3 nitrogen and oxygen atoms in total. The molecule has 1 atom stereocenters. The van der Waals surface area contributed by atoms with Crippen molar-refractivity contribution in [1.29, 1.82) is 0 Å². The number of nitrogens with two attached hydrogens (primary N) is 1. The molecule has 2 aromatic heterocycles. The van der Waals surface area contributed by atoms with Crippen LogP contribution in [0.2, 0.25) is 5.15 Å². The fourth-order valence-corrected chi connectivity index (χ4v) is 1.54. The minimum absolute atomic E-state index is 0.0863. The van der Waals surface area contributed by atoms with Crippen LogP contribution in [-0.2, 0) is 0 Å². The average molecular weight is 196 g/mol. The number of halogens is 1. The van der Waals surface area contributed by atoms with Crippen LogP contribution >= 0.6 is 11.6 Å². The predicted molar refractivity (Wildman–Crippen MR) is 53.7 cm³/mol. The van der Waals surface area contributed by atoms with Crippen molar-refractivity contribution in [3.63, 3.8) is 0 Å². The highest BCUT2D eigenvalue weighted by molar-refractivity contribution is 6.33. The Kier molecular flexibility index (Phi) is 1.98. The van der Waals surface area contributed by atoms with E-state index < -0.39 is 0 Å². The minimum Gasteiger partial charge on any atom is -0.359 e. The summed E-state index contributed by atoms with van der Waals surface area (Å²) in [5.74, 6) is 0. The molecule has 4 heteroatoms. The molecule has 0 radical (unpaired) electrons. The Hall–Kier alpha value is -1.06. The Labute approximate surface area is 80.9 Å². The number of nitrogens with zero attached hydrogens (tertiary/aromatic N) is 1. The van der Waals surface area contributed by atoms with Gasteiger partial charge >= 0.3 is 0 Å². The van der Waals surface area contributed by atoms with Gasteiger partial charge in [0.25, 0.3) is 0 Å². The lowest BCUT2D eigenvalue weighted by Gasteiger charge is -2.05. The maximum absolute atomic E-state index is 5.95. The normalized spacial score (nSPS) is 13.5. The van der Waals surface area contributed by atoms with Gasteiger partial charge in [0.1, 0.15) is 0 Å². The van der Waals surface area contributed by atoms with E-state index in [9.17, 15) is 0 Å². The van der Waals surface area contributed by atoms with Crippen LogP contribution in [0, 0.1) is 0 Å². The summed E-state index contributed by atoms with van der Waals surface area (Å²) in [7, 11) is 0. The molecule has 0 amide bonds. The van der Waals surface area contributed by atoms with Crippen LogP contribution in [0.5, 0.6) is 0 Å². The van der Waals surface area contributed by atoms with Gasteiger partial charge in [-0.25, -0.2) is 4.98 Å². The number of hydrogen-bond donors (Lipinski definition) is 2. The molecule has 2 rings (SSSR count). The highest BCUT2D eigenvalue weighted by Crippen LogP contribution is 2.22. The Morgan fingerprint density at radius 1 is 1.62 bits per heavy atom. The zero-order valence-corrected chi connectivity index (χ0v) is 7.97. The summed E-state index contributed by atoms with van der Waals surface area (Å²) in [6, 6.07) is 3.81. The second-order valence-corrected chi connectivity index (χ2v) is 3.43. The molecule has 0 aliphatic heterocycles. The zero-order chi connectivity index (χ0) is 9.42. The maximum atomic E-state index is 5.95. The highest BCUT2D eigenvalue weighted by atomic mass is 35.5. The largest absolute Gasteiger partial charge is 0.359 e. The molecule has 0 saturated heterocycles. The SMILES string of the molecule is C[C@@H](N)c1cc2cc[nH]c2c(Cl)n1. The highest BCUT2D eigenvalue weighted by Gasteiger charge is 2.07. The van der Waals surface area contributed by atoms with E-state index in [0.29, 0.717) is 5.15 Å². The first-order chi connectivity index (χ1) is 6.18. The van der Waals surface area contributed by atoms with Gasteiger partial charge in [0.05, 0.1) is 11.2 Å². The molecule has 68 valence electrons. The van der Waals surface area contributed by atoms with Crippen LogP contribution in [0.3, 0.4) is 0 Å². The molecular formula is C9H10ClN3. The quantitative estimate of drug-likeness (QED) is 0.686. The first-order valence-electron chi connectivity index (χ1n) is 4.07. The van der Waals surface area contributed by atoms with E-state index in [0.717, 1.165) is 16.6 Å². The van der Waals surface area contributed by atoms with Crippen LogP contribution in [0.25, 0.3) is 10.9 Å². The van der Waals surface area contributed by atoms with Crippen LogP contribution in [-0.4, -0.2) is 9.97 Å². The lowest BCUT2D eigenvalue weighted by Crippen LogP contribution is -2.07. The van der Waals surface area contributed by atoms with Gasteiger partial charge in [-0.3, -0.25) is 0 Å². The lowest BCUT2D eigenvalue weighted by atomic mass is 10.2. The summed E-state index contributed by atoms with van der Waals surface area (Å²) in [6.07, 6.45) is 1.84. The smallest absolute Gasteiger partial charge is 0.153 e. The van der Waals surface area contributed by atoms with E-state index in [1.807, 2.05) is 25.3 Å². The topological polar surface area (TPSA) is 54.7 Å². The Morgan fingerprint density at radius 2 is 2.38 bits per heavy atom. The third kappa shape index (κ3) is 1.41. The van der Waals surface area contributed by atoms with Gasteiger partial charge in [-0.15, -0.1) is 0 Å². The number of pyridine rings is 1. The second kappa shape index (κ2) is 3.01. The number of aromatic amines is 1. The average Bonchev–Trinajstić information content (AvgIpc) is 2.51. The number of hydrogen-bond acceptors (Lipinski definition) is 2. The van der Waals surface area contributed by atoms with Crippen molar-refractivity contribution in [2.75, 3.05) is 0 Å². The molecule has 13 heavy (non-hydrogen) atoms. The second-order valence-electron chi connectivity index (χ2n) is 3.07.